The monoisotopic (exact) mass is 301 g/mol. The van der Waals surface area contributed by atoms with Gasteiger partial charge in [-0.1, -0.05) is 10.3 Å². The summed E-state index contributed by atoms with van der Waals surface area (Å²) in [6, 6.07) is 5.59. The maximum absolute atomic E-state index is 5.17. The number of methoxy groups -OCH3 is 1. The number of ether oxygens (including phenoxy) is 1. The van der Waals surface area contributed by atoms with Crippen molar-refractivity contribution in [3.05, 3.63) is 42.2 Å². The third kappa shape index (κ3) is 3.12. The molecule has 0 aliphatic carbocycles. The minimum atomic E-state index is 0.315. The largest absolute Gasteiger partial charge is 0.377 e. The molecule has 0 aliphatic rings. The van der Waals surface area contributed by atoms with Crippen molar-refractivity contribution in [1.82, 2.24) is 20.3 Å². The van der Waals surface area contributed by atoms with Crippen LogP contribution in [-0.4, -0.2) is 34.4 Å². The van der Waals surface area contributed by atoms with Crippen LogP contribution in [0.4, 0.5) is 5.82 Å². The summed E-state index contributed by atoms with van der Waals surface area (Å²) in [4.78, 5) is 10.6. The Hall–Kier alpha value is -2.74. The zero-order chi connectivity index (χ0) is 15.4. The molecular weight excluding hydrogens is 286 g/mol. The molecule has 3 rings (SSSR count). The van der Waals surface area contributed by atoms with Crippen LogP contribution in [-0.2, 0) is 17.9 Å². The van der Waals surface area contributed by atoms with E-state index in [9.17, 15) is 0 Å². The van der Waals surface area contributed by atoms with Gasteiger partial charge in [0.15, 0.2) is 5.82 Å². The standard InChI is InChI=1S/C14H15N5O3/c1-19(8-11-5-6-21-17-11)13-4-3-10(7-15-13)14-16-12(9-20-2)18-22-14/h3-7H,8-9H2,1-2H3. The molecule has 8 heteroatoms. The van der Waals surface area contributed by atoms with Gasteiger partial charge in [-0.25, -0.2) is 4.98 Å². The van der Waals surface area contributed by atoms with Crippen molar-refractivity contribution in [2.24, 2.45) is 0 Å². The third-order valence-corrected chi connectivity index (χ3v) is 3.02. The van der Waals surface area contributed by atoms with Gasteiger partial charge in [0.05, 0.1) is 12.1 Å². The number of aromatic nitrogens is 4. The molecule has 0 amide bonds. The summed E-state index contributed by atoms with van der Waals surface area (Å²) in [7, 11) is 3.51. The van der Waals surface area contributed by atoms with E-state index in [0.717, 1.165) is 17.1 Å². The van der Waals surface area contributed by atoms with E-state index in [1.807, 2.05) is 30.1 Å². The fourth-order valence-corrected chi connectivity index (χ4v) is 1.94. The third-order valence-electron chi connectivity index (χ3n) is 3.02. The Morgan fingerprint density at radius 3 is 2.82 bits per heavy atom. The predicted octanol–water partition coefficient (Wildman–Crippen LogP) is 1.90. The van der Waals surface area contributed by atoms with Crippen LogP contribution in [0.15, 0.2) is 39.7 Å². The maximum Gasteiger partial charge on any atom is 0.259 e. The highest BCUT2D eigenvalue weighted by molar-refractivity contribution is 5.54. The zero-order valence-electron chi connectivity index (χ0n) is 12.3. The molecule has 0 atom stereocenters. The first-order chi connectivity index (χ1) is 10.8. The number of hydrogen-bond donors (Lipinski definition) is 0. The van der Waals surface area contributed by atoms with Crippen LogP contribution < -0.4 is 4.90 Å². The number of nitrogens with zero attached hydrogens (tertiary/aromatic N) is 5. The van der Waals surface area contributed by atoms with E-state index in [1.165, 1.54) is 0 Å². The summed E-state index contributed by atoms with van der Waals surface area (Å²) in [6.45, 7) is 0.927. The molecule has 8 nitrogen and oxygen atoms in total. The van der Waals surface area contributed by atoms with Crippen molar-refractivity contribution in [2.75, 3.05) is 19.1 Å². The van der Waals surface area contributed by atoms with E-state index < -0.39 is 0 Å². The summed E-state index contributed by atoms with van der Waals surface area (Å²) in [6.07, 6.45) is 3.24. The zero-order valence-corrected chi connectivity index (χ0v) is 12.3. The second-order valence-electron chi connectivity index (χ2n) is 4.70. The Morgan fingerprint density at radius 1 is 1.23 bits per heavy atom. The molecule has 0 saturated carbocycles. The lowest BCUT2D eigenvalue weighted by Crippen LogP contribution is -2.17. The van der Waals surface area contributed by atoms with Crippen LogP contribution in [0.25, 0.3) is 11.5 Å². The molecule has 0 N–H and O–H groups in total. The second kappa shape index (κ2) is 6.35. The topological polar surface area (TPSA) is 90.3 Å². The maximum atomic E-state index is 5.17. The lowest BCUT2D eigenvalue weighted by atomic mass is 10.2. The molecule has 3 heterocycles. The number of rotatable bonds is 6. The Kier molecular flexibility index (Phi) is 4.10. The van der Waals surface area contributed by atoms with Gasteiger partial charge in [0.25, 0.3) is 5.89 Å². The van der Waals surface area contributed by atoms with Gasteiger partial charge in [0, 0.05) is 26.4 Å². The second-order valence-corrected chi connectivity index (χ2v) is 4.70. The van der Waals surface area contributed by atoms with E-state index >= 15 is 0 Å². The molecule has 0 bridgehead atoms. The molecule has 0 spiro atoms. The normalized spacial score (nSPS) is 10.8. The number of hydrogen-bond acceptors (Lipinski definition) is 8. The van der Waals surface area contributed by atoms with Crippen molar-refractivity contribution >= 4 is 5.82 Å². The molecular formula is C14H15N5O3. The molecule has 3 aromatic heterocycles. The first kappa shape index (κ1) is 14.2. The Balaban J connectivity index is 1.71. The van der Waals surface area contributed by atoms with Gasteiger partial charge < -0.3 is 18.7 Å². The van der Waals surface area contributed by atoms with Crippen molar-refractivity contribution in [3.63, 3.8) is 0 Å². The van der Waals surface area contributed by atoms with Gasteiger partial charge in [-0.05, 0) is 12.1 Å². The van der Waals surface area contributed by atoms with Crippen LogP contribution in [0.5, 0.6) is 0 Å². The summed E-state index contributed by atoms with van der Waals surface area (Å²) < 4.78 is 14.9. The van der Waals surface area contributed by atoms with Gasteiger partial charge in [-0.3, -0.25) is 0 Å². The van der Waals surface area contributed by atoms with Gasteiger partial charge in [0.1, 0.15) is 24.4 Å². The first-order valence-electron chi connectivity index (χ1n) is 6.64. The quantitative estimate of drug-likeness (QED) is 0.682. The Labute approximate surface area is 126 Å². The summed E-state index contributed by atoms with van der Waals surface area (Å²) in [5.74, 6) is 1.73. The molecule has 3 aromatic rings. The molecule has 114 valence electrons. The van der Waals surface area contributed by atoms with Crippen LogP contribution in [0.3, 0.4) is 0 Å². The molecule has 22 heavy (non-hydrogen) atoms. The smallest absolute Gasteiger partial charge is 0.259 e. The van der Waals surface area contributed by atoms with E-state index in [2.05, 4.69) is 20.3 Å². The molecule has 0 aromatic carbocycles. The molecule has 0 saturated heterocycles. The number of pyridine rings is 1. The fourth-order valence-electron chi connectivity index (χ4n) is 1.94. The minimum Gasteiger partial charge on any atom is -0.377 e. The molecule has 0 fully saturated rings. The minimum absolute atomic E-state index is 0.315. The summed E-state index contributed by atoms with van der Waals surface area (Å²) >= 11 is 0. The van der Waals surface area contributed by atoms with Gasteiger partial charge in [-0.2, -0.15) is 4.98 Å². The van der Waals surface area contributed by atoms with E-state index in [4.69, 9.17) is 13.8 Å². The van der Waals surface area contributed by atoms with Gasteiger partial charge >= 0.3 is 0 Å². The fraction of sp³-hybridized carbons (Fsp3) is 0.286. The van der Waals surface area contributed by atoms with Crippen LogP contribution in [0.1, 0.15) is 11.5 Å². The van der Waals surface area contributed by atoms with Gasteiger partial charge in [0.2, 0.25) is 0 Å². The van der Waals surface area contributed by atoms with E-state index in [1.54, 1.807) is 19.6 Å². The van der Waals surface area contributed by atoms with Crippen molar-refractivity contribution in [1.29, 1.82) is 0 Å². The average Bonchev–Trinajstić information content (AvgIpc) is 3.20. The van der Waals surface area contributed by atoms with E-state index in [-0.39, 0.29) is 0 Å². The molecule has 0 radical (unpaired) electrons. The van der Waals surface area contributed by atoms with E-state index in [0.29, 0.717) is 24.9 Å². The van der Waals surface area contributed by atoms with Crippen LogP contribution in [0.2, 0.25) is 0 Å². The highest BCUT2D eigenvalue weighted by atomic mass is 16.5. The van der Waals surface area contributed by atoms with Crippen molar-refractivity contribution in [3.8, 4) is 11.5 Å². The SMILES string of the molecule is COCc1noc(-c2ccc(N(C)Cc3ccon3)nc2)n1. The van der Waals surface area contributed by atoms with Gasteiger partial charge in [-0.15, -0.1) is 0 Å². The van der Waals surface area contributed by atoms with Crippen LogP contribution in [0, 0.1) is 0 Å². The molecule has 0 aliphatic heterocycles. The van der Waals surface area contributed by atoms with Crippen molar-refractivity contribution < 1.29 is 13.8 Å². The summed E-state index contributed by atoms with van der Waals surface area (Å²) in [5.41, 5.74) is 1.60. The lowest BCUT2D eigenvalue weighted by molar-refractivity contribution is 0.174. The van der Waals surface area contributed by atoms with Crippen molar-refractivity contribution in [2.45, 2.75) is 13.2 Å². The number of anilines is 1. The highest BCUT2D eigenvalue weighted by Gasteiger charge is 2.11. The Morgan fingerprint density at radius 2 is 2.14 bits per heavy atom. The Bertz CT molecular complexity index is 708. The van der Waals surface area contributed by atoms with Crippen LogP contribution >= 0.6 is 0 Å². The predicted molar refractivity (Wildman–Crippen MR) is 76.9 cm³/mol. The highest BCUT2D eigenvalue weighted by Crippen LogP contribution is 2.19. The molecule has 0 unspecified atom stereocenters. The first-order valence-corrected chi connectivity index (χ1v) is 6.64. The average molecular weight is 301 g/mol. The summed E-state index contributed by atoms with van der Waals surface area (Å²) in [5, 5.41) is 7.70. The lowest BCUT2D eigenvalue weighted by Gasteiger charge is -2.16.